The minimum atomic E-state index is -0.878. The van der Waals surface area contributed by atoms with Crippen LogP contribution in [0.3, 0.4) is 0 Å². The Balaban J connectivity index is 2.94. The van der Waals surface area contributed by atoms with Crippen LogP contribution in [-0.2, 0) is 4.79 Å². The van der Waals surface area contributed by atoms with Crippen LogP contribution in [0.2, 0.25) is 0 Å². The molecule has 0 radical (unpaired) electrons. The highest BCUT2D eigenvalue weighted by molar-refractivity contribution is 5.77. The standard InChI is InChI=1S/C15H22FNO2/c1-9(2)13(10(3)4)14(15(18)19)17-12-7-5-11(16)6-8-12/h5-10,13-14,17H,1-4H3,(H,18,19). The van der Waals surface area contributed by atoms with Gasteiger partial charge in [0.25, 0.3) is 0 Å². The Bertz CT molecular complexity index is 407. The van der Waals surface area contributed by atoms with Gasteiger partial charge in [0.15, 0.2) is 0 Å². The van der Waals surface area contributed by atoms with Crippen molar-refractivity contribution in [1.29, 1.82) is 0 Å². The predicted octanol–water partition coefficient (Wildman–Crippen LogP) is 3.62. The number of hydrogen-bond donors (Lipinski definition) is 2. The lowest BCUT2D eigenvalue weighted by atomic mass is 9.79. The van der Waals surface area contributed by atoms with Gasteiger partial charge in [-0.25, -0.2) is 9.18 Å². The van der Waals surface area contributed by atoms with Crippen molar-refractivity contribution in [2.75, 3.05) is 5.32 Å². The zero-order chi connectivity index (χ0) is 14.6. The van der Waals surface area contributed by atoms with Gasteiger partial charge in [0.2, 0.25) is 0 Å². The third kappa shape index (κ3) is 4.23. The monoisotopic (exact) mass is 267 g/mol. The molecule has 0 saturated heterocycles. The SMILES string of the molecule is CC(C)C(C(C)C)C(Nc1ccc(F)cc1)C(=O)O. The summed E-state index contributed by atoms with van der Waals surface area (Å²) in [6, 6.07) is 5.08. The molecule has 1 aromatic carbocycles. The summed E-state index contributed by atoms with van der Waals surface area (Å²) in [5, 5.41) is 12.4. The fourth-order valence-electron chi connectivity index (χ4n) is 2.59. The predicted molar refractivity (Wildman–Crippen MR) is 74.6 cm³/mol. The van der Waals surface area contributed by atoms with Crippen LogP contribution in [0.1, 0.15) is 27.7 Å². The molecule has 0 amide bonds. The molecule has 0 spiro atoms. The number of nitrogens with one attached hydrogen (secondary N) is 1. The Morgan fingerprint density at radius 2 is 1.58 bits per heavy atom. The van der Waals surface area contributed by atoms with Gasteiger partial charge >= 0.3 is 5.97 Å². The molecule has 1 rings (SSSR count). The molecule has 0 aliphatic rings. The number of aliphatic carboxylic acids is 1. The molecule has 0 aromatic heterocycles. The fraction of sp³-hybridized carbons (Fsp3) is 0.533. The maximum atomic E-state index is 12.9. The van der Waals surface area contributed by atoms with Gasteiger partial charge in [-0.3, -0.25) is 0 Å². The van der Waals surface area contributed by atoms with Crippen molar-refractivity contribution in [3.05, 3.63) is 30.1 Å². The van der Waals surface area contributed by atoms with E-state index in [9.17, 15) is 14.3 Å². The summed E-state index contributed by atoms with van der Waals surface area (Å²) in [6.45, 7) is 8.08. The van der Waals surface area contributed by atoms with E-state index in [4.69, 9.17) is 0 Å². The molecule has 19 heavy (non-hydrogen) atoms. The van der Waals surface area contributed by atoms with E-state index in [-0.39, 0.29) is 23.6 Å². The van der Waals surface area contributed by atoms with E-state index in [0.717, 1.165) is 0 Å². The minimum Gasteiger partial charge on any atom is -0.480 e. The molecule has 0 aliphatic heterocycles. The molecule has 2 N–H and O–H groups in total. The van der Waals surface area contributed by atoms with Crippen molar-refractivity contribution in [2.45, 2.75) is 33.7 Å². The number of rotatable bonds is 6. The van der Waals surface area contributed by atoms with Crippen LogP contribution < -0.4 is 5.32 Å². The maximum Gasteiger partial charge on any atom is 0.326 e. The molecule has 0 bridgehead atoms. The summed E-state index contributed by atoms with van der Waals surface area (Å²) in [4.78, 5) is 11.5. The van der Waals surface area contributed by atoms with Crippen molar-refractivity contribution in [3.63, 3.8) is 0 Å². The van der Waals surface area contributed by atoms with E-state index in [0.29, 0.717) is 5.69 Å². The normalized spacial score (nSPS) is 13.1. The van der Waals surface area contributed by atoms with Crippen molar-refractivity contribution < 1.29 is 14.3 Å². The average Bonchev–Trinajstić information content (AvgIpc) is 2.29. The third-order valence-corrected chi connectivity index (χ3v) is 3.36. The summed E-state index contributed by atoms with van der Waals surface area (Å²) in [5.74, 6) is -0.718. The number of hydrogen-bond acceptors (Lipinski definition) is 2. The van der Waals surface area contributed by atoms with Crippen molar-refractivity contribution in [3.8, 4) is 0 Å². The van der Waals surface area contributed by atoms with Crippen LogP contribution in [0, 0.1) is 23.6 Å². The van der Waals surface area contributed by atoms with Gasteiger partial charge < -0.3 is 10.4 Å². The number of carboxylic acid groups (broad SMARTS) is 1. The van der Waals surface area contributed by atoms with Crippen LogP contribution in [0.5, 0.6) is 0 Å². The summed E-state index contributed by atoms with van der Waals surface area (Å²) in [5.41, 5.74) is 0.625. The first-order valence-corrected chi connectivity index (χ1v) is 6.57. The molecule has 3 nitrogen and oxygen atoms in total. The maximum absolute atomic E-state index is 12.9. The Kier molecular flexibility index (Phi) is 5.33. The molecule has 106 valence electrons. The molecular formula is C15H22FNO2. The Labute approximate surface area is 113 Å². The summed E-state index contributed by atoms with van der Waals surface area (Å²) >= 11 is 0. The van der Waals surface area contributed by atoms with Gasteiger partial charge in [-0.15, -0.1) is 0 Å². The summed E-state index contributed by atoms with van der Waals surface area (Å²) in [7, 11) is 0. The number of benzene rings is 1. The topological polar surface area (TPSA) is 49.3 Å². The lowest BCUT2D eigenvalue weighted by Gasteiger charge is -2.31. The molecule has 0 heterocycles. The van der Waals surface area contributed by atoms with Crippen molar-refractivity contribution in [1.82, 2.24) is 0 Å². The molecule has 0 fully saturated rings. The van der Waals surface area contributed by atoms with Gasteiger partial charge in [-0.1, -0.05) is 27.7 Å². The van der Waals surface area contributed by atoms with E-state index < -0.39 is 12.0 Å². The smallest absolute Gasteiger partial charge is 0.326 e. The highest BCUT2D eigenvalue weighted by Crippen LogP contribution is 2.27. The lowest BCUT2D eigenvalue weighted by Crippen LogP contribution is -2.42. The summed E-state index contributed by atoms with van der Waals surface area (Å²) in [6.07, 6.45) is 0. The number of halogens is 1. The van der Waals surface area contributed by atoms with Gasteiger partial charge in [0.1, 0.15) is 11.9 Å². The highest BCUT2D eigenvalue weighted by atomic mass is 19.1. The first kappa shape index (κ1) is 15.5. The van der Waals surface area contributed by atoms with Crippen LogP contribution in [0.25, 0.3) is 0 Å². The molecular weight excluding hydrogens is 245 g/mol. The zero-order valence-corrected chi connectivity index (χ0v) is 11.9. The lowest BCUT2D eigenvalue weighted by molar-refractivity contribution is -0.140. The van der Waals surface area contributed by atoms with Crippen LogP contribution in [-0.4, -0.2) is 17.1 Å². The average molecular weight is 267 g/mol. The second kappa shape index (κ2) is 6.55. The first-order valence-electron chi connectivity index (χ1n) is 6.57. The Morgan fingerprint density at radius 3 is 1.95 bits per heavy atom. The molecule has 1 aromatic rings. The van der Waals surface area contributed by atoms with Gasteiger partial charge in [-0.05, 0) is 42.0 Å². The molecule has 1 unspecified atom stereocenters. The number of carboxylic acids is 1. The second-order valence-electron chi connectivity index (χ2n) is 5.53. The quantitative estimate of drug-likeness (QED) is 0.827. The Hall–Kier alpha value is -1.58. The summed E-state index contributed by atoms with van der Waals surface area (Å²) < 4.78 is 12.9. The third-order valence-electron chi connectivity index (χ3n) is 3.36. The second-order valence-corrected chi connectivity index (χ2v) is 5.53. The first-order chi connectivity index (χ1) is 8.82. The molecule has 0 aliphatic carbocycles. The molecule has 1 atom stereocenters. The van der Waals surface area contributed by atoms with E-state index in [1.54, 1.807) is 12.1 Å². The van der Waals surface area contributed by atoms with E-state index >= 15 is 0 Å². The highest BCUT2D eigenvalue weighted by Gasteiger charge is 2.32. The number of anilines is 1. The van der Waals surface area contributed by atoms with E-state index in [1.807, 2.05) is 27.7 Å². The Morgan fingerprint density at radius 1 is 1.11 bits per heavy atom. The van der Waals surface area contributed by atoms with Gasteiger partial charge in [-0.2, -0.15) is 0 Å². The van der Waals surface area contributed by atoms with Crippen LogP contribution >= 0.6 is 0 Å². The molecule has 0 saturated carbocycles. The molecule has 4 heteroatoms. The minimum absolute atomic E-state index is 0.00236. The van der Waals surface area contributed by atoms with Crippen molar-refractivity contribution in [2.24, 2.45) is 17.8 Å². The van der Waals surface area contributed by atoms with Crippen LogP contribution in [0.4, 0.5) is 10.1 Å². The zero-order valence-electron chi connectivity index (χ0n) is 11.9. The van der Waals surface area contributed by atoms with Gasteiger partial charge in [0, 0.05) is 5.69 Å². The van der Waals surface area contributed by atoms with E-state index in [2.05, 4.69) is 5.32 Å². The van der Waals surface area contributed by atoms with Crippen LogP contribution in [0.15, 0.2) is 24.3 Å². The van der Waals surface area contributed by atoms with Gasteiger partial charge in [0.05, 0.1) is 0 Å². The van der Waals surface area contributed by atoms with E-state index in [1.165, 1.54) is 12.1 Å². The fourth-order valence-corrected chi connectivity index (χ4v) is 2.59. The largest absolute Gasteiger partial charge is 0.480 e. The van der Waals surface area contributed by atoms with Crippen molar-refractivity contribution >= 4 is 11.7 Å². The number of carbonyl (C=O) groups is 1.